The molecule has 0 amide bonds. The maximum Gasteiger partial charge on any atom is 0.104 e. The van der Waals surface area contributed by atoms with Gasteiger partial charge in [0.1, 0.15) is 4.99 Å². The third kappa shape index (κ3) is 3.55. The highest BCUT2D eigenvalue weighted by Gasteiger charge is 2.10. The number of hydrogen-bond donors (Lipinski definition) is 1. The van der Waals surface area contributed by atoms with Gasteiger partial charge < -0.3 is 15.0 Å². The van der Waals surface area contributed by atoms with E-state index in [1.807, 2.05) is 12.1 Å². The summed E-state index contributed by atoms with van der Waals surface area (Å²) in [4.78, 5) is 0.436. The number of aromatic nitrogens is 1. The Balaban J connectivity index is 2.15. The van der Waals surface area contributed by atoms with Gasteiger partial charge >= 0.3 is 0 Å². The zero-order chi connectivity index (χ0) is 14.0. The van der Waals surface area contributed by atoms with Crippen LogP contribution in [-0.2, 0) is 11.3 Å². The number of fused-ring (bicyclic) bond motifs is 1. The Morgan fingerprint density at radius 1 is 1.32 bits per heavy atom. The normalized spacial score (nSPS) is 11.9. The van der Waals surface area contributed by atoms with E-state index in [0.717, 1.165) is 17.5 Å². The number of thiocarbonyl (C=S) groups is 1. The zero-order valence-electron chi connectivity index (χ0n) is 11.6. The molecule has 0 spiro atoms. The van der Waals surface area contributed by atoms with E-state index in [-0.39, 0.29) is 5.60 Å². The molecule has 3 nitrogen and oxygen atoms in total. The Morgan fingerprint density at radius 2 is 2.05 bits per heavy atom. The molecule has 0 radical (unpaired) electrons. The maximum atomic E-state index is 5.75. The minimum atomic E-state index is -0.0954. The Morgan fingerprint density at radius 3 is 2.68 bits per heavy atom. The van der Waals surface area contributed by atoms with Crippen molar-refractivity contribution in [1.82, 2.24) is 4.57 Å². The van der Waals surface area contributed by atoms with Crippen LogP contribution in [0.4, 0.5) is 0 Å². The lowest BCUT2D eigenvalue weighted by Gasteiger charge is -2.19. The lowest BCUT2D eigenvalue weighted by Crippen LogP contribution is -2.21. The molecule has 0 aliphatic carbocycles. The predicted octanol–water partition coefficient (Wildman–Crippen LogP) is 3.09. The highest BCUT2D eigenvalue weighted by Crippen LogP contribution is 2.18. The minimum Gasteiger partial charge on any atom is -0.389 e. The topological polar surface area (TPSA) is 40.2 Å². The highest BCUT2D eigenvalue weighted by atomic mass is 32.1. The van der Waals surface area contributed by atoms with Gasteiger partial charge in [0.15, 0.2) is 0 Å². The van der Waals surface area contributed by atoms with Gasteiger partial charge in [0, 0.05) is 29.2 Å². The van der Waals surface area contributed by atoms with E-state index in [2.05, 4.69) is 43.7 Å². The van der Waals surface area contributed by atoms with Crippen molar-refractivity contribution < 1.29 is 4.74 Å². The molecule has 1 heterocycles. The molecule has 0 bridgehead atoms. The van der Waals surface area contributed by atoms with Crippen LogP contribution in [0.2, 0.25) is 0 Å². The molecule has 0 aliphatic rings. The van der Waals surface area contributed by atoms with Gasteiger partial charge in [-0.3, -0.25) is 0 Å². The fourth-order valence-electron chi connectivity index (χ4n) is 2.00. The van der Waals surface area contributed by atoms with Gasteiger partial charge in [0.25, 0.3) is 0 Å². The molecule has 0 atom stereocenters. The molecule has 0 saturated heterocycles. The van der Waals surface area contributed by atoms with Crippen LogP contribution in [0.15, 0.2) is 30.5 Å². The number of benzene rings is 1. The Bertz CT molecular complexity index is 596. The molecule has 1 aromatic heterocycles. The van der Waals surface area contributed by atoms with Crippen LogP contribution >= 0.6 is 12.2 Å². The van der Waals surface area contributed by atoms with Crippen molar-refractivity contribution in [2.75, 3.05) is 6.61 Å². The van der Waals surface area contributed by atoms with Crippen molar-refractivity contribution in [2.45, 2.75) is 32.9 Å². The summed E-state index contributed by atoms with van der Waals surface area (Å²) in [5.41, 5.74) is 7.64. The van der Waals surface area contributed by atoms with E-state index >= 15 is 0 Å². The monoisotopic (exact) mass is 276 g/mol. The molecule has 0 fully saturated rings. The summed E-state index contributed by atoms with van der Waals surface area (Å²) in [6.07, 6.45) is 2.07. The van der Waals surface area contributed by atoms with Crippen LogP contribution in [0.25, 0.3) is 10.9 Å². The second kappa shape index (κ2) is 5.31. The molecule has 2 aromatic rings. The average Bonchev–Trinajstić information content (AvgIpc) is 2.70. The lowest BCUT2D eigenvalue weighted by molar-refractivity contribution is -0.00644. The van der Waals surface area contributed by atoms with Crippen molar-refractivity contribution >= 4 is 28.1 Å². The molecule has 2 N–H and O–H groups in total. The Hall–Kier alpha value is -1.39. The molecule has 4 heteroatoms. The van der Waals surface area contributed by atoms with Gasteiger partial charge in [-0.1, -0.05) is 12.2 Å². The predicted molar refractivity (Wildman–Crippen MR) is 83.5 cm³/mol. The molecule has 0 unspecified atom stereocenters. The molecule has 0 saturated carbocycles. The summed E-state index contributed by atoms with van der Waals surface area (Å²) in [5, 5.41) is 1.15. The van der Waals surface area contributed by atoms with Crippen molar-refractivity contribution in [3.63, 3.8) is 0 Å². The number of hydrogen-bond acceptors (Lipinski definition) is 2. The second-order valence-corrected chi connectivity index (χ2v) is 6.05. The summed E-state index contributed by atoms with van der Waals surface area (Å²) in [5.74, 6) is 0. The zero-order valence-corrected chi connectivity index (χ0v) is 12.5. The summed E-state index contributed by atoms with van der Waals surface area (Å²) in [7, 11) is 0. The van der Waals surface area contributed by atoms with E-state index in [1.54, 1.807) is 0 Å². The van der Waals surface area contributed by atoms with Crippen molar-refractivity contribution in [1.29, 1.82) is 0 Å². The summed E-state index contributed by atoms with van der Waals surface area (Å²) < 4.78 is 7.94. The molecule has 19 heavy (non-hydrogen) atoms. The first-order chi connectivity index (χ1) is 8.87. The Labute approximate surface area is 119 Å². The standard InChI is InChI=1S/C15H20N2OS/c1-15(2,3)18-9-8-17-7-6-11-10-12(14(16)19)4-5-13(11)17/h4-7,10H,8-9H2,1-3H3,(H2,16,19). The molecule has 0 aliphatic heterocycles. The first kappa shape index (κ1) is 14.0. The smallest absolute Gasteiger partial charge is 0.104 e. The van der Waals surface area contributed by atoms with Crippen LogP contribution in [-0.4, -0.2) is 21.8 Å². The van der Waals surface area contributed by atoms with Crippen LogP contribution in [0.3, 0.4) is 0 Å². The lowest BCUT2D eigenvalue weighted by atomic mass is 10.1. The van der Waals surface area contributed by atoms with E-state index in [0.29, 0.717) is 11.6 Å². The Kier molecular flexibility index (Phi) is 3.92. The van der Waals surface area contributed by atoms with E-state index in [9.17, 15) is 0 Å². The van der Waals surface area contributed by atoms with Crippen molar-refractivity contribution in [3.8, 4) is 0 Å². The van der Waals surface area contributed by atoms with Crippen molar-refractivity contribution in [2.24, 2.45) is 5.73 Å². The van der Waals surface area contributed by atoms with E-state index in [1.165, 1.54) is 5.52 Å². The fourth-order valence-corrected chi connectivity index (χ4v) is 2.13. The van der Waals surface area contributed by atoms with Crippen LogP contribution in [0.1, 0.15) is 26.3 Å². The summed E-state index contributed by atoms with van der Waals surface area (Å²) in [6, 6.07) is 8.12. The number of ether oxygens (including phenoxy) is 1. The van der Waals surface area contributed by atoms with Gasteiger partial charge in [-0.05, 0) is 45.0 Å². The maximum absolute atomic E-state index is 5.75. The molecule has 2 rings (SSSR count). The van der Waals surface area contributed by atoms with Gasteiger partial charge in [0.05, 0.1) is 12.2 Å². The average molecular weight is 276 g/mol. The molecular formula is C15H20N2OS. The van der Waals surface area contributed by atoms with Crippen LogP contribution in [0, 0.1) is 0 Å². The molecule has 102 valence electrons. The number of nitrogens with zero attached hydrogens (tertiary/aromatic N) is 1. The minimum absolute atomic E-state index is 0.0954. The quantitative estimate of drug-likeness (QED) is 0.872. The molecular weight excluding hydrogens is 256 g/mol. The number of nitrogens with two attached hydrogens (primary N) is 1. The van der Waals surface area contributed by atoms with E-state index < -0.39 is 0 Å². The highest BCUT2D eigenvalue weighted by molar-refractivity contribution is 7.80. The first-order valence-corrected chi connectivity index (χ1v) is 6.80. The third-order valence-corrected chi connectivity index (χ3v) is 3.16. The van der Waals surface area contributed by atoms with Crippen LogP contribution < -0.4 is 5.73 Å². The number of rotatable bonds is 4. The summed E-state index contributed by atoms with van der Waals surface area (Å²) >= 11 is 4.99. The third-order valence-electron chi connectivity index (χ3n) is 2.92. The van der Waals surface area contributed by atoms with Gasteiger partial charge in [-0.15, -0.1) is 0 Å². The van der Waals surface area contributed by atoms with Crippen molar-refractivity contribution in [3.05, 3.63) is 36.0 Å². The van der Waals surface area contributed by atoms with Gasteiger partial charge in [-0.25, -0.2) is 0 Å². The van der Waals surface area contributed by atoms with Gasteiger partial charge in [-0.2, -0.15) is 0 Å². The fraction of sp³-hybridized carbons (Fsp3) is 0.400. The second-order valence-electron chi connectivity index (χ2n) is 5.61. The van der Waals surface area contributed by atoms with Crippen LogP contribution in [0.5, 0.6) is 0 Å². The summed E-state index contributed by atoms with van der Waals surface area (Å²) in [6.45, 7) is 7.73. The largest absolute Gasteiger partial charge is 0.389 e. The van der Waals surface area contributed by atoms with E-state index in [4.69, 9.17) is 22.7 Å². The SMILES string of the molecule is CC(C)(C)OCCn1ccc2cc(C(N)=S)ccc21. The van der Waals surface area contributed by atoms with Gasteiger partial charge in [0.2, 0.25) is 0 Å². The first-order valence-electron chi connectivity index (χ1n) is 6.39. The molecule has 1 aromatic carbocycles.